The summed E-state index contributed by atoms with van der Waals surface area (Å²) < 4.78 is 54.2. The number of hydrogen-bond donors (Lipinski definition) is 1. The highest BCUT2D eigenvalue weighted by molar-refractivity contribution is 5.93. The molecule has 2 atom stereocenters. The third-order valence-electron chi connectivity index (χ3n) is 7.27. The molecule has 3 aromatic heterocycles. The van der Waals surface area contributed by atoms with Crippen molar-refractivity contribution in [1.82, 2.24) is 19.5 Å². The van der Waals surface area contributed by atoms with E-state index in [9.17, 15) is 18.0 Å². The number of likely N-dealkylation sites (N-methyl/N-ethyl adjacent to an activating group) is 1. The van der Waals surface area contributed by atoms with E-state index in [1.54, 1.807) is 28.9 Å². The molecule has 0 spiro atoms. The van der Waals surface area contributed by atoms with E-state index in [1.165, 1.54) is 6.20 Å². The van der Waals surface area contributed by atoms with Gasteiger partial charge in [-0.15, -0.1) is 0 Å². The zero-order chi connectivity index (χ0) is 25.0. The van der Waals surface area contributed by atoms with Gasteiger partial charge >= 0.3 is 6.18 Å². The molecule has 1 aliphatic carbocycles. The summed E-state index contributed by atoms with van der Waals surface area (Å²) in [6.45, 7) is 1.23. The topological polar surface area (TPSA) is 81.0 Å². The van der Waals surface area contributed by atoms with E-state index in [-0.39, 0.29) is 30.0 Å². The van der Waals surface area contributed by atoms with E-state index >= 15 is 0 Å². The minimum atomic E-state index is -4.59. The standard InChI is InChI=1S/C25H26F3N5O3/c1-32-17-7-19(8-18(32)13-35-12-17)36-21-11-29-22(25(26,27)28)10-20(21)15-4-5-33-16(6-15)9-23(31-33)30-24(34)14-2-3-14/h4-6,9-11,14,17-19H,2-3,7-8,12-13H2,1H3,(H,30,31,34). The second-order valence-corrected chi connectivity index (χ2v) is 9.86. The van der Waals surface area contributed by atoms with Crippen molar-refractivity contribution in [3.8, 4) is 16.9 Å². The first kappa shape index (κ1) is 23.2. The average molecular weight is 502 g/mol. The van der Waals surface area contributed by atoms with Crippen LogP contribution in [0, 0.1) is 5.92 Å². The van der Waals surface area contributed by atoms with Crippen LogP contribution in [0.2, 0.25) is 0 Å². The Bertz CT molecular complexity index is 1290. The first-order valence-corrected chi connectivity index (χ1v) is 12.1. The Kier molecular flexibility index (Phi) is 5.64. The second kappa shape index (κ2) is 8.74. The van der Waals surface area contributed by atoms with Crippen LogP contribution in [-0.2, 0) is 15.7 Å². The second-order valence-electron chi connectivity index (χ2n) is 9.86. The van der Waals surface area contributed by atoms with Crippen molar-refractivity contribution in [1.29, 1.82) is 0 Å². The monoisotopic (exact) mass is 501 g/mol. The smallest absolute Gasteiger partial charge is 0.433 e. The van der Waals surface area contributed by atoms with Gasteiger partial charge in [-0.1, -0.05) is 0 Å². The summed E-state index contributed by atoms with van der Waals surface area (Å²) in [6.07, 6.45) is 1.29. The van der Waals surface area contributed by atoms with Gasteiger partial charge in [-0.2, -0.15) is 18.3 Å². The molecule has 1 N–H and O–H groups in total. The number of aromatic nitrogens is 3. The molecular weight excluding hydrogens is 475 g/mol. The number of ether oxygens (including phenoxy) is 2. The molecule has 11 heteroatoms. The zero-order valence-corrected chi connectivity index (χ0v) is 19.7. The third kappa shape index (κ3) is 4.53. The molecule has 36 heavy (non-hydrogen) atoms. The Morgan fingerprint density at radius 2 is 1.92 bits per heavy atom. The van der Waals surface area contributed by atoms with Crippen LogP contribution in [-0.4, -0.2) is 63.9 Å². The molecule has 2 unspecified atom stereocenters. The minimum absolute atomic E-state index is 0.0355. The number of amides is 1. The number of anilines is 1. The Labute approximate surface area is 205 Å². The molecule has 3 aliphatic rings. The van der Waals surface area contributed by atoms with Crippen LogP contribution >= 0.6 is 0 Å². The van der Waals surface area contributed by atoms with Crippen LogP contribution in [0.15, 0.2) is 36.7 Å². The minimum Gasteiger partial charge on any atom is -0.488 e. The molecule has 1 amide bonds. The fourth-order valence-corrected chi connectivity index (χ4v) is 5.04. The van der Waals surface area contributed by atoms with E-state index < -0.39 is 11.9 Å². The zero-order valence-electron chi connectivity index (χ0n) is 19.7. The number of halogens is 3. The van der Waals surface area contributed by atoms with Gasteiger partial charge in [0.1, 0.15) is 17.5 Å². The van der Waals surface area contributed by atoms with Gasteiger partial charge in [0, 0.05) is 48.7 Å². The molecule has 8 nitrogen and oxygen atoms in total. The maximum atomic E-state index is 13.5. The number of morpholine rings is 1. The molecule has 1 saturated carbocycles. The number of nitrogens with one attached hydrogen (secondary N) is 1. The van der Waals surface area contributed by atoms with Gasteiger partial charge in [-0.05, 0) is 43.7 Å². The Morgan fingerprint density at radius 1 is 1.17 bits per heavy atom. The van der Waals surface area contributed by atoms with E-state index in [1.807, 2.05) is 0 Å². The normalized spacial score (nSPS) is 24.6. The Hall–Kier alpha value is -3.18. The van der Waals surface area contributed by atoms with Gasteiger partial charge in [-0.3, -0.25) is 9.69 Å². The van der Waals surface area contributed by atoms with Crippen LogP contribution in [0.3, 0.4) is 0 Å². The highest BCUT2D eigenvalue weighted by Gasteiger charge is 2.39. The van der Waals surface area contributed by atoms with Gasteiger partial charge in [0.05, 0.1) is 24.9 Å². The Morgan fingerprint density at radius 3 is 2.61 bits per heavy atom. The molecule has 2 saturated heterocycles. The Balaban J connectivity index is 1.32. The summed E-state index contributed by atoms with van der Waals surface area (Å²) >= 11 is 0. The molecule has 0 radical (unpaired) electrons. The summed E-state index contributed by atoms with van der Waals surface area (Å²) in [5.41, 5.74) is 0.511. The molecule has 3 fully saturated rings. The SMILES string of the molecule is CN1C2COCC1CC(Oc1cnc(C(F)(F)F)cc1-c1ccn3nc(NC(=O)C4CC4)cc3c1)C2. The van der Waals surface area contributed by atoms with Crippen molar-refractivity contribution in [2.24, 2.45) is 5.92 Å². The lowest BCUT2D eigenvalue weighted by atomic mass is 9.92. The largest absolute Gasteiger partial charge is 0.488 e. The number of hydrogen-bond acceptors (Lipinski definition) is 6. The first-order chi connectivity index (χ1) is 17.2. The molecule has 3 aromatic rings. The van der Waals surface area contributed by atoms with Crippen LogP contribution in [0.25, 0.3) is 16.6 Å². The number of fused-ring (bicyclic) bond motifs is 3. The number of carbonyl (C=O) groups excluding carboxylic acids is 1. The van der Waals surface area contributed by atoms with Gasteiger partial charge in [0.15, 0.2) is 5.82 Å². The summed E-state index contributed by atoms with van der Waals surface area (Å²) in [6, 6.07) is 6.58. The van der Waals surface area contributed by atoms with E-state index in [2.05, 4.69) is 27.3 Å². The van der Waals surface area contributed by atoms with Crippen LogP contribution in [0.5, 0.6) is 5.75 Å². The maximum Gasteiger partial charge on any atom is 0.433 e. The van der Waals surface area contributed by atoms with E-state index in [0.29, 0.717) is 41.4 Å². The maximum absolute atomic E-state index is 13.5. The van der Waals surface area contributed by atoms with Crippen molar-refractivity contribution in [2.45, 2.75) is 50.0 Å². The van der Waals surface area contributed by atoms with Crippen molar-refractivity contribution in [3.63, 3.8) is 0 Å². The lowest BCUT2D eigenvalue weighted by molar-refractivity contribution is -0.141. The molecule has 2 aliphatic heterocycles. The van der Waals surface area contributed by atoms with Crippen molar-refractivity contribution < 1.29 is 27.4 Å². The number of pyridine rings is 2. The summed E-state index contributed by atoms with van der Waals surface area (Å²) in [5, 5.41) is 7.16. The predicted molar refractivity (Wildman–Crippen MR) is 125 cm³/mol. The van der Waals surface area contributed by atoms with Crippen molar-refractivity contribution in [3.05, 3.63) is 42.4 Å². The van der Waals surface area contributed by atoms with Gasteiger partial charge < -0.3 is 14.8 Å². The average Bonchev–Trinajstić information content (AvgIpc) is 3.59. The fourth-order valence-electron chi connectivity index (χ4n) is 5.04. The highest BCUT2D eigenvalue weighted by Crippen LogP contribution is 2.38. The van der Waals surface area contributed by atoms with E-state index in [4.69, 9.17) is 9.47 Å². The number of nitrogens with zero attached hydrogens (tertiary/aromatic N) is 4. The van der Waals surface area contributed by atoms with Crippen LogP contribution in [0.4, 0.5) is 19.0 Å². The van der Waals surface area contributed by atoms with Gasteiger partial charge in [0.25, 0.3) is 0 Å². The molecule has 2 bridgehead atoms. The first-order valence-electron chi connectivity index (χ1n) is 12.1. The van der Waals surface area contributed by atoms with Gasteiger partial charge in [0.2, 0.25) is 5.91 Å². The summed E-state index contributed by atoms with van der Waals surface area (Å²) in [5.74, 6) is 0.689. The highest BCUT2D eigenvalue weighted by atomic mass is 19.4. The summed E-state index contributed by atoms with van der Waals surface area (Å²) in [7, 11) is 2.07. The fraction of sp³-hybridized carbons (Fsp3) is 0.480. The number of piperidine rings is 1. The van der Waals surface area contributed by atoms with Crippen molar-refractivity contribution in [2.75, 3.05) is 25.6 Å². The number of carbonyl (C=O) groups is 1. The molecule has 0 aromatic carbocycles. The molecule has 6 rings (SSSR count). The van der Waals surface area contributed by atoms with Crippen LogP contribution in [0.1, 0.15) is 31.4 Å². The predicted octanol–water partition coefficient (Wildman–Crippen LogP) is 4.00. The lowest BCUT2D eigenvalue weighted by Crippen LogP contribution is -2.57. The van der Waals surface area contributed by atoms with E-state index in [0.717, 1.165) is 31.7 Å². The summed E-state index contributed by atoms with van der Waals surface area (Å²) in [4.78, 5) is 18.1. The molecule has 190 valence electrons. The quantitative estimate of drug-likeness (QED) is 0.569. The number of alkyl halides is 3. The molecular formula is C25H26F3N5O3. The third-order valence-corrected chi connectivity index (χ3v) is 7.27. The molecule has 5 heterocycles. The van der Waals surface area contributed by atoms with Crippen molar-refractivity contribution >= 4 is 17.2 Å². The lowest BCUT2D eigenvalue weighted by Gasteiger charge is -2.46. The number of rotatable bonds is 5. The van der Waals surface area contributed by atoms with Crippen LogP contribution < -0.4 is 10.1 Å². The van der Waals surface area contributed by atoms with Gasteiger partial charge in [-0.25, -0.2) is 9.50 Å².